The number of aliphatic hydroxyl groups excluding tert-OH is 1. The molecule has 0 bridgehead atoms. The van der Waals surface area contributed by atoms with Gasteiger partial charge in [-0.2, -0.15) is 0 Å². The molecule has 0 amide bonds. The Morgan fingerprint density at radius 3 is 2.50 bits per heavy atom. The largest absolute Gasteiger partial charge is 0.504 e. The Balaban J connectivity index is 3.09. The summed E-state index contributed by atoms with van der Waals surface area (Å²) in [5.74, 6) is 0.707. The summed E-state index contributed by atoms with van der Waals surface area (Å²) in [5.41, 5.74) is 0.686. The maximum atomic E-state index is 9.53. The predicted octanol–water partition coefficient (Wildman–Crippen LogP) is 0.821. The highest BCUT2D eigenvalue weighted by Crippen LogP contribution is 2.38. The zero-order valence-electron chi connectivity index (χ0n) is 9.30. The minimum atomic E-state index is -0.00592. The van der Waals surface area contributed by atoms with Crippen LogP contribution in [0.2, 0.25) is 0 Å². The zero-order valence-corrected chi connectivity index (χ0v) is 9.30. The van der Waals surface area contributed by atoms with Crippen molar-refractivity contribution in [3.8, 4) is 17.2 Å². The van der Waals surface area contributed by atoms with Gasteiger partial charge in [0.05, 0.1) is 27.4 Å². The van der Waals surface area contributed by atoms with Crippen LogP contribution in [0, 0.1) is 0 Å². The number of aliphatic hydroxyl groups is 1. The molecule has 0 radical (unpaired) electrons. The van der Waals surface area contributed by atoms with Crippen molar-refractivity contribution in [2.24, 2.45) is 4.99 Å². The van der Waals surface area contributed by atoms with E-state index in [2.05, 4.69) is 4.99 Å². The van der Waals surface area contributed by atoms with Crippen LogP contribution in [0.15, 0.2) is 17.1 Å². The number of phenols is 1. The summed E-state index contributed by atoms with van der Waals surface area (Å²) in [7, 11) is 2.94. The fourth-order valence-electron chi connectivity index (χ4n) is 1.30. The molecule has 1 aromatic rings. The Morgan fingerprint density at radius 2 is 1.94 bits per heavy atom. The number of aromatic hydroxyl groups is 1. The van der Waals surface area contributed by atoms with Gasteiger partial charge in [0.1, 0.15) is 0 Å². The standard InChI is InChI=1S/C11H15NO4/c1-15-10-8(7-12-5-6-13)3-4-9(14)11(10)16-2/h3-4,7,13-14H,5-6H2,1-2H3/b12-7+. The molecule has 5 heteroatoms. The maximum absolute atomic E-state index is 9.53. The summed E-state index contributed by atoms with van der Waals surface area (Å²) in [6, 6.07) is 3.17. The van der Waals surface area contributed by atoms with Crippen LogP contribution in [-0.2, 0) is 0 Å². The topological polar surface area (TPSA) is 71.3 Å². The molecule has 0 unspecified atom stereocenters. The van der Waals surface area contributed by atoms with Crippen LogP contribution >= 0.6 is 0 Å². The van der Waals surface area contributed by atoms with Crippen LogP contribution in [0.4, 0.5) is 0 Å². The van der Waals surface area contributed by atoms with Crippen molar-refractivity contribution in [2.75, 3.05) is 27.4 Å². The van der Waals surface area contributed by atoms with Crippen molar-refractivity contribution in [1.82, 2.24) is 0 Å². The molecule has 0 aliphatic rings. The number of aliphatic imine (C=N–C) groups is 1. The third kappa shape index (κ3) is 2.64. The van der Waals surface area contributed by atoms with Crippen LogP contribution in [0.5, 0.6) is 17.2 Å². The molecule has 0 saturated carbocycles. The fraction of sp³-hybridized carbons (Fsp3) is 0.364. The number of rotatable bonds is 5. The van der Waals surface area contributed by atoms with Gasteiger partial charge in [0.15, 0.2) is 11.5 Å². The SMILES string of the molecule is COc1c(O)ccc(/C=N/CCO)c1OC. The Labute approximate surface area is 94.0 Å². The average Bonchev–Trinajstić information content (AvgIpc) is 2.30. The summed E-state index contributed by atoms with van der Waals surface area (Å²) in [4.78, 5) is 3.98. The minimum Gasteiger partial charge on any atom is -0.504 e. The van der Waals surface area contributed by atoms with Crippen molar-refractivity contribution in [2.45, 2.75) is 0 Å². The quantitative estimate of drug-likeness (QED) is 0.728. The molecule has 16 heavy (non-hydrogen) atoms. The number of hydrogen-bond donors (Lipinski definition) is 2. The van der Waals surface area contributed by atoms with E-state index in [-0.39, 0.29) is 18.1 Å². The lowest BCUT2D eigenvalue weighted by atomic mass is 10.2. The van der Waals surface area contributed by atoms with E-state index < -0.39 is 0 Å². The van der Waals surface area contributed by atoms with Gasteiger partial charge in [0.25, 0.3) is 0 Å². The third-order valence-electron chi connectivity index (χ3n) is 1.99. The lowest BCUT2D eigenvalue weighted by molar-refractivity contribution is 0.307. The summed E-state index contributed by atoms with van der Waals surface area (Å²) in [6.45, 7) is 0.320. The second-order valence-corrected chi connectivity index (χ2v) is 3.00. The Bertz CT molecular complexity index is 376. The van der Waals surface area contributed by atoms with E-state index in [0.29, 0.717) is 17.9 Å². The molecule has 5 nitrogen and oxygen atoms in total. The van der Waals surface area contributed by atoms with E-state index in [1.807, 2.05) is 0 Å². The molecule has 0 spiro atoms. The second-order valence-electron chi connectivity index (χ2n) is 3.00. The van der Waals surface area contributed by atoms with Crippen LogP contribution in [0.25, 0.3) is 0 Å². The first-order valence-corrected chi connectivity index (χ1v) is 4.79. The average molecular weight is 225 g/mol. The number of hydrogen-bond acceptors (Lipinski definition) is 5. The molecular weight excluding hydrogens is 210 g/mol. The van der Waals surface area contributed by atoms with Gasteiger partial charge in [0, 0.05) is 11.8 Å². The summed E-state index contributed by atoms with van der Waals surface area (Å²) in [6.07, 6.45) is 1.57. The smallest absolute Gasteiger partial charge is 0.203 e. The molecule has 0 saturated heterocycles. The fourth-order valence-corrected chi connectivity index (χ4v) is 1.30. The zero-order chi connectivity index (χ0) is 12.0. The van der Waals surface area contributed by atoms with E-state index in [9.17, 15) is 5.11 Å². The lowest BCUT2D eigenvalue weighted by Gasteiger charge is -2.11. The second kappa shape index (κ2) is 5.97. The van der Waals surface area contributed by atoms with E-state index in [1.165, 1.54) is 20.3 Å². The van der Waals surface area contributed by atoms with Gasteiger partial charge >= 0.3 is 0 Å². The van der Waals surface area contributed by atoms with Gasteiger partial charge < -0.3 is 19.7 Å². The van der Waals surface area contributed by atoms with E-state index in [0.717, 1.165) is 0 Å². The number of methoxy groups -OCH3 is 2. The van der Waals surface area contributed by atoms with Gasteiger partial charge in [-0.3, -0.25) is 4.99 Å². The molecule has 88 valence electrons. The highest BCUT2D eigenvalue weighted by Gasteiger charge is 2.12. The van der Waals surface area contributed by atoms with Gasteiger partial charge in [-0.25, -0.2) is 0 Å². The molecule has 2 N–H and O–H groups in total. The van der Waals surface area contributed by atoms with E-state index in [4.69, 9.17) is 14.6 Å². The van der Waals surface area contributed by atoms with E-state index in [1.54, 1.807) is 12.3 Å². The van der Waals surface area contributed by atoms with Crippen LogP contribution in [-0.4, -0.2) is 43.8 Å². The highest BCUT2D eigenvalue weighted by atomic mass is 16.5. The molecule has 0 aliphatic carbocycles. The molecule has 1 aromatic carbocycles. The summed E-state index contributed by atoms with van der Waals surface area (Å²) >= 11 is 0. The first kappa shape index (κ1) is 12.3. The molecule has 0 aliphatic heterocycles. The van der Waals surface area contributed by atoms with Crippen molar-refractivity contribution in [3.05, 3.63) is 17.7 Å². The van der Waals surface area contributed by atoms with E-state index >= 15 is 0 Å². The Kier molecular flexibility index (Phi) is 4.60. The normalized spacial score (nSPS) is 10.7. The molecule has 0 heterocycles. The molecule has 1 rings (SSSR count). The van der Waals surface area contributed by atoms with Gasteiger partial charge in [-0.15, -0.1) is 0 Å². The minimum absolute atomic E-state index is 0.00592. The number of benzene rings is 1. The molecule has 0 aromatic heterocycles. The third-order valence-corrected chi connectivity index (χ3v) is 1.99. The van der Waals surface area contributed by atoms with Crippen molar-refractivity contribution < 1.29 is 19.7 Å². The Hall–Kier alpha value is -1.75. The van der Waals surface area contributed by atoms with Crippen LogP contribution < -0.4 is 9.47 Å². The lowest BCUT2D eigenvalue weighted by Crippen LogP contribution is -1.97. The van der Waals surface area contributed by atoms with Crippen molar-refractivity contribution >= 4 is 6.21 Å². The van der Waals surface area contributed by atoms with Crippen molar-refractivity contribution in [3.63, 3.8) is 0 Å². The first-order chi connectivity index (χ1) is 7.74. The van der Waals surface area contributed by atoms with Crippen LogP contribution in [0.3, 0.4) is 0 Å². The summed E-state index contributed by atoms with van der Waals surface area (Å²) in [5, 5.41) is 18.1. The van der Waals surface area contributed by atoms with Gasteiger partial charge in [-0.1, -0.05) is 0 Å². The maximum Gasteiger partial charge on any atom is 0.203 e. The summed E-state index contributed by atoms with van der Waals surface area (Å²) < 4.78 is 10.2. The monoisotopic (exact) mass is 225 g/mol. The van der Waals surface area contributed by atoms with Crippen molar-refractivity contribution in [1.29, 1.82) is 0 Å². The molecule has 0 atom stereocenters. The van der Waals surface area contributed by atoms with Gasteiger partial charge in [-0.05, 0) is 12.1 Å². The molecular formula is C11H15NO4. The van der Waals surface area contributed by atoms with Gasteiger partial charge in [0.2, 0.25) is 5.75 Å². The highest BCUT2D eigenvalue weighted by molar-refractivity contribution is 5.86. The number of ether oxygens (including phenoxy) is 2. The number of phenolic OH excluding ortho intramolecular Hbond substituents is 1. The first-order valence-electron chi connectivity index (χ1n) is 4.79. The Morgan fingerprint density at radius 1 is 1.25 bits per heavy atom. The number of nitrogens with zero attached hydrogens (tertiary/aromatic N) is 1. The van der Waals surface area contributed by atoms with Crippen LogP contribution in [0.1, 0.15) is 5.56 Å². The predicted molar refractivity (Wildman–Crippen MR) is 60.8 cm³/mol. The molecule has 0 fully saturated rings.